The van der Waals surface area contributed by atoms with Gasteiger partial charge in [-0.05, 0) is 25.0 Å². The van der Waals surface area contributed by atoms with Crippen molar-refractivity contribution in [1.29, 1.82) is 0 Å². The van der Waals surface area contributed by atoms with E-state index in [-0.39, 0.29) is 11.9 Å². The molecule has 0 saturated heterocycles. The number of hydrogen-bond acceptors (Lipinski definition) is 3. The molecule has 5 heteroatoms. The van der Waals surface area contributed by atoms with Crippen molar-refractivity contribution in [2.75, 3.05) is 7.11 Å². The summed E-state index contributed by atoms with van der Waals surface area (Å²) < 4.78 is 10.3. The van der Waals surface area contributed by atoms with Crippen LogP contribution in [0.25, 0.3) is 0 Å². The van der Waals surface area contributed by atoms with E-state index in [9.17, 15) is 4.79 Å². The molecule has 0 bridgehead atoms. The zero-order valence-corrected chi connectivity index (χ0v) is 10.8. The molecule has 1 aliphatic rings. The van der Waals surface area contributed by atoms with Crippen LogP contribution >= 0.6 is 23.2 Å². The summed E-state index contributed by atoms with van der Waals surface area (Å²) in [5.41, 5.74) is 0. The van der Waals surface area contributed by atoms with Gasteiger partial charge in [0.05, 0.1) is 17.2 Å². The molecule has 0 N–H and O–H groups in total. The van der Waals surface area contributed by atoms with Crippen LogP contribution in [0.5, 0.6) is 5.75 Å². The third-order valence-electron chi connectivity index (χ3n) is 2.64. The Labute approximate surface area is 110 Å². The summed E-state index contributed by atoms with van der Waals surface area (Å²) in [4.78, 5) is 11.5. The summed E-state index contributed by atoms with van der Waals surface area (Å²) in [6, 6.07) is 4.93. The first-order valence-corrected chi connectivity index (χ1v) is 6.07. The van der Waals surface area contributed by atoms with Gasteiger partial charge in [0.1, 0.15) is 5.75 Å². The highest BCUT2D eigenvalue weighted by Crippen LogP contribution is 2.36. The zero-order chi connectivity index (χ0) is 12.4. The molecule has 0 amide bonds. The quantitative estimate of drug-likeness (QED) is 0.791. The lowest BCUT2D eigenvalue weighted by molar-refractivity contribution is -0.149. The van der Waals surface area contributed by atoms with Crippen molar-refractivity contribution >= 4 is 29.2 Å². The van der Waals surface area contributed by atoms with Crippen molar-refractivity contribution in [1.82, 2.24) is 0 Å². The van der Waals surface area contributed by atoms with Gasteiger partial charge in [-0.1, -0.05) is 23.2 Å². The summed E-state index contributed by atoms with van der Waals surface area (Å²) >= 11 is 11.7. The Kier molecular flexibility index (Phi) is 3.79. The van der Waals surface area contributed by atoms with E-state index in [1.54, 1.807) is 18.2 Å². The normalized spacial score (nSPS) is 16.4. The van der Waals surface area contributed by atoms with Crippen molar-refractivity contribution in [3.05, 3.63) is 28.2 Å². The van der Waals surface area contributed by atoms with Gasteiger partial charge in [0.15, 0.2) is 6.10 Å². The first-order chi connectivity index (χ1) is 8.11. The van der Waals surface area contributed by atoms with E-state index in [2.05, 4.69) is 0 Å². The maximum atomic E-state index is 11.5. The van der Waals surface area contributed by atoms with Crippen LogP contribution in [0.15, 0.2) is 18.2 Å². The Bertz CT molecular complexity index is 430. The van der Waals surface area contributed by atoms with Crippen molar-refractivity contribution in [3.8, 4) is 5.75 Å². The number of ether oxygens (including phenoxy) is 2. The van der Waals surface area contributed by atoms with Gasteiger partial charge in [0.2, 0.25) is 0 Å². The molecule has 3 nitrogen and oxygen atoms in total. The van der Waals surface area contributed by atoms with Gasteiger partial charge >= 0.3 is 5.97 Å². The lowest BCUT2D eigenvalue weighted by atomic mass is 10.2. The molecule has 0 spiro atoms. The molecule has 1 saturated carbocycles. The smallest absolute Gasteiger partial charge is 0.347 e. The highest BCUT2D eigenvalue weighted by Gasteiger charge is 2.39. The average Bonchev–Trinajstić information content (AvgIpc) is 3.13. The number of rotatable bonds is 4. The summed E-state index contributed by atoms with van der Waals surface area (Å²) in [5, 5.41) is 0.864. The summed E-state index contributed by atoms with van der Waals surface area (Å²) in [7, 11) is 1.36. The van der Waals surface area contributed by atoms with Crippen LogP contribution < -0.4 is 4.74 Å². The monoisotopic (exact) mass is 274 g/mol. The Morgan fingerprint density at radius 1 is 1.35 bits per heavy atom. The van der Waals surface area contributed by atoms with E-state index in [1.165, 1.54) is 7.11 Å². The van der Waals surface area contributed by atoms with Crippen LogP contribution in [0.4, 0.5) is 0 Å². The van der Waals surface area contributed by atoms with E-state index in [0.29, 0.717) is 15.8 Å². The molecule has 0 radical (unpaired) electrons. The number of methoxy groups -OCH3 is 1. The van der Waals surface area contributed by atoms with Crippen LogP contribution in [0.2, 0.25) is 10.0 Å². The molecule has 2 rings (SSSR count). The minimum Gasteiger partial charge on any atom is -0.478 e. The number of halogens is 2. The summed E-state index contributed by atoms with van der Waals surface area (Å²) in [6.45, 7) is 0. The van der Waals surface area contributed by atoms with Crippen LogP contribution in [0.3, 0.4) is 0 Å². The minimum atomic E-state index is -0.544. The highest BCUT2D eigenvalue weighted by molar-refractivity contribution is 6.42. The van der Waals surface area contributed by atoms with Crippen molar-refractivity contribution in [2.45, 2.75) is 18.9 Å². The van der Waals surface area contributed by atoms with Gasteiger partial charge in [0.25, 0.3) is 0 Å². The molecular formula is C12H12Cl2O3. The number of hydrogen-bond donors (Lipinski definition) is 0. The second kappa shape index (κ2) is 5.15. The molecule has 0 heterocycles. The molecule has 1 unspecified atom stereocenters. The van der Waals surface area contributed by atoms with E-state index in [4.69, 9.17) is 32.7 Å². The van der Waals surface area contributed by atoms with Gasteiger partial charge in [-0.25, -0.2) is 4.79 Å². The lowest BCUT2D eigenvalue weighted by Crippen LogP contribution is -2.30. The van der Waals surface area contributed by atoms with E-state index in [0.717, 1.165) is 12.8 Å². The molecular weight excluding hydrogens is 263 g/mol. The fourth-order valence-corrected chi connectivity index (χ4v) is 1.84. The molecule has 92 valence electrons. The van der Waals surface area contributed by atoms with Crippen molar-refractivity contribution < 1.29 is 14.3 Å². The van der Waals surface area contributed by atoms with Gasteiger partial charge < -0.3 is 9.47 Å². The lowest BCUT2D eigenvalue weighted by Gasteiger charge is -2.16. The molecule has 1 aliphatic carbocycles. The van der Waals surface area contributed by atoms with Gasteiger partial charge in [-0.2, -0.15) is 0 Å². The fraction of sp³-hybridized carbons (Fsp3) is 0.417. The minimum absolute atomic E-state index is 0.247. The van der Waals surface area contributed by atoms with Crippen LogP contribution in [0, 0.1) is 5.92 Å². The maximum absolute atomic E-state index is 11.5. The molecule has 0 aromatic heterocycles. The Hall–Kier alpha value is -0.930. The molecule has 0 aliphatic heterocycles. The fourth-order valence-electron chi connectivity index (χ4n) is 1.55. The second-order valence-corrected chi connectivity index (χ2v) is 4.79. The SMILES string of the molecule is COC(=O)C(Oc1ccc(Cl)c(Cl)c1)C1CC1. The Morgan fingerprint density at radius 2 is 2.06 bits per heavy atom. The topological polar surface area (TPSA) is 35.5 Å². The predicted octanol–water partition coefficient (Wildman–Crippen LogP) is 3.32. The maximum Gasteiger partial charge on any atom is 0.347 e. The predicted molar refractivity (Wildman–Crippen MR) is 65.6 cm³/mol. The Balaban J connectivity index is 2.11. The van der Waals surface area contributed by atoms with Crippen LogP contribution in [0.1, 0.15) is 12.8 Å². The number of benzene rings is 1. The summed E-state index contributed by atoms with van der Waals surface area (Å²) in [6.07, 6.45) is 1.43. The van der Waals surface area contributed by atoms with Crippen LogP contribution in [-0.2, 0) is 9.53 Å². The molecule has 1 aromatic carbocycles. The first-order valence-electron chi connectivity index (χ1n) is 5.31. The van der Waals surface area contributed by atoms with Gasteiger partial charge in [-0.15, -0.1) is 0 Å². The summed E-state index contributed by atoms with van der Waals surface area (Å²) in [5.74, 6) is 0.428. The second-order valence-electron chi connectivity index (χ2n) is 3.97. The van der Waals surface area contributed by atoms with Crippen LogP contribution in [-0.4, -0.2) is 19.2 Å². The zero-order valence-electron chi connectivity index (χ0n) is 9.28. The number of esters is 1. The molecule has 1 aromatic rings. The van der Waals surface area contributed by atoms with E-state index >= 15 is 0 Å². The molecule has 1 atom stereocenters. The highest BCUT2D eigenvalue weighted by atomic mass is 35.5. The number of carbonyl (C=O) groups excluding carboxylic acids is 1. The largest absolute Gasteiger partial charge is 0.478 e. The standard InChI is InChI=1S/C12H12Cl2O3/c1-16-12(15)11(7-2-3-7)17-8-4-5-9(13)10(14)6-8/h4-7,11H,2-3H2,1H3. The average molecular weight is 275 g/mol. The van der Waals surface area contributed by atoms with Crippen molar-refractivity contribution in [2.24, 2.45) is 5.92 Å². The third kappa shape index (κ3) is 3.05. The number of carbonyl (C=O) groups is 1. The molecule has 1 fully saturated rings. The van der Waals surface area contributed by atoms with Gasteiger partial charge in [-0.3, -0.25) is 0 Å². The van der Waals surface area contributed by atoms with Crippen molar-refractivity contribution in [3.63, 3.8) is 0 Å². The van der Waals surface area contributed by atoms with E-state index in [1.807, 2.05) is 0 Å². The van der Waals surface area contributed by atoms with E-state index < -0.39 is 6.10 Å². The first kappa shape index (κ1) is 12.5. The third-order valence-corrected chi connectivity index (χ3v) is 3.38. The van der Waals surface area contributed by atoms with Gasteiger partial charge in [0, 0.05) is 12.0 Å². The molecule has 17 heavy (non-hydrogen) atoms. The Morgan fingerprint density at radius 3 is 2.59 bits per heavy atom.